The number of fused-ring (bicyclic) bond motifs is 9. The molecule has 6 nitrogen and oxygen atoms in total. The number of rotatable bonds is 5. The molecule has 3 N–H and O–H groups in total. The van der Waals surface area contributed by atoms with E-state index in [9.17, 15) is 0 Å². The minimum absolute atomic E-state index is 0.757. The molecule has 8 bridgehead atoms. The van der Waals surface area contributed by atoms with Crippen LogP contribution >= 0.6 is 0 Å². The van der Waals surface area contributed by atoms with Crippen molar-refractivity contribution in [1.82, 2.24) is 29.9 Å². The third-order valence-electron chi connectivity index (χ3n) is 10.8. The van der Waals surface area contributed by atoms with E-state index >= 15 is 0 Å². The Balaban J connectivity index is 1.35. The summed E-state index contributed by atoms with van der Waals surface area (Å²) >= 11 is 0. The number of aromatic amines is 3. The molecule has 2 aliphatic heterocycles. The summed E-state index contributed by atoms with van der Waals surface area (Å²) in [5.74, 6) is 0.757. The molecule has 0 unspecified atom stereocenters. The molecule has 6 heteroatoms. The summed E-state index contributed by atoms with van der Waals surface area (Å²) in [4.78, 5) is 27.6. The van der Waals surface area contributed by atoms with Gasteiger partial charge in [-0.3, -0.25) is 0 Å². The van der Waals surface area contributed by atoms with Crippen LogP contribution in [-0.4, -0.2) is 29.9 Å². The Kier molecular flexibility index (Phi) is 7.71. The van der Waals surface area contributed by atoms with Gasteiger partial charge in [-0.05, 0) is 76.9 Å². The first-order valence-electron chi connectivity index (χ1n) is 19.1. The van der Waals surface area contributed by atoms with E-state index in [0.717, 1.165) is 112 Å². The van der Waals surface area contributed by atoms with Crippen molar-refractivity contribution in [2.24, 2.45) is 0 Å². The highest BCUT2D eigenvalue weighted by Crippen LogP contribution is 2.41. The van der Waals surface area contributed by atoms with Gasteiger partial charge < -0.3 is 15.0 Å². The zero-order valence-corrected chi connectivity index (χ0v) is 30.7. The second-order valence-electron chi connectivity index (χ2n) is 14.3. The number of hydrogen-bond donors (Lipinski definition) is 3. The molecule has 0 spiro atoms. The van der Waals surface area contributed by atoms with E-state index in [4.69, 9.17) is 15.0 Å². The second-order valence-corrected chi connectivity index (χ2v) is 14.3. The fraction of sp³-hybridized carbons (Fsp3) is 0. The van der Waals surface area contributed by atoms with Crippen molar-refractivity contribution in [2.75, 3.05) is 0 Å². The van der Waals surface area contributed by atoms with Crippen LogP contribution in [0.2, 0.25) is 0 Å². The van der Waals surface area contributed by atoms with Gasteiger partial charge in [0.2, 0.25) is 0 Å². The van der Waals surface area contributed by atoms with Gasteiger partial charge in [-0.1, -0.05) is 133 Å². The van der Waals surface area contributed by atoms with Crippen molar-refractivity contribution in [1.29, 1.82) is 0 Å². The van der Waals surface area contributed by atoms with Crippen LogP contribution < -0.4 is 0 Å². The summed E-state index contributed by atoms with van der Waals surface area (Å²) < 4.78 is 0. The van der Waals surface area contributed by atoms with E-state index in [-0.39, 0.29) is 0 Å². The minimum atomic E-state index is 0.757. The zero-order valence-electron chi connectivity index (χ0n) is 30.7. The zero-order chi connectivity index (χ0) is 37.7. The van der Waals surface area contributed by atoms with Crippen LogP contribution in [0.15, 0.2) is 170 Å². The highest BCUT2D eigenvalue weighted by Gasteiger charge is 2.25. The maximum absolute atomic E-state index is 5.63. The minimum Gasteiger partial charge on any atom is -0.354 e. The maximum atomic E-state index is 5.63. The van der Waals surface area contributed by atoms with Gasteiger partial charge in [-0.25, -0.2) is 15.0 Å². The molecular formula is C51H34N6. The van der Waals surface area contributed by atoms with E-state index in [2.05, 4.69) is 167 Å². The van der Waals surface area contributed by atoms with Crippen LogP contribution in [0.1, 0.15) is 28.6 Å². The van der Waals surface area contributed by atoms with Crippen molar-refractivity contribution in [2.45, 2.75) is 0 Å². The number of nitrogens with one attached hydrogen (secondary N) is 3. The third-order valence-corrected chi connectivity index (χ3v) is 10.8. The van der Waals surface area contributed by atoms with Crippen LogP contribution in [0, 0.1) is 0 Å². The smallest absolute Gasteiger partial charge is 0.140 e. The van der Waals surface area contributed by atoms with Crippen LogP contribution in [-0.2, 0) is 0 Å². The average molecular weight is 731 g/mol. The first-order chi connectivity index (χ1) is 28.2. The molecule has 0 saturated heterocycles. The maximum Gasteiger partial charge on any atom is 0.140 e. The van der Waals surface area contributed by atoms with Crippen molar-refractivity contribution in [3.8, 4) is 44.5 Å². The average Bonchev–Trinajstić information content (AvgIpc) is 4.12. The van der Waals surface area contributed by atoms with E-state index in [0.29, 0.717) is 0 Å². The Morgan fingerprint density at radius 3 is 1.23 bits per heavy atom. The van der Waals surface area contributed by atoms with E-state index in [1.54, 1.807) is 0 Å². The largest absolute Gasteiger partial charge is 0.354 e. The number of H-pyrrole nitrogens is 3. The lowest BCUT2D eigenvalue weighted by Crippen LogP contribution is -1.93. The van der Waals surface area contributed by atoms with E-state index in [1.165, 1.54) is 0 Å². The van der Waals surface area contributed by atoms with Gasteiger partial charge in [0, 0.05) is 49.9 Å². The first-order valence-corrected chi connectivity index (χ1v) is 19.1. The number of hydrogen-bond acceptors (Lipinski definition) is 3. The van der Waals surface area contributed by atoms with Crippen molar-refractivity contribution in [3.05, 3.63) is 198 Å². The quantitative estimate of drug-likeness (QED) is 0.165. The molecule has 9 aromatic rings. The molecule has 0 aliphatic carbocycles. The normalized spacial score (nSPS) is 12.2. The lowest BCUT2D eigenvalue weighted by molar-refractivity contribution is 1.24. The molecule has 0 amide bonds. The molecule has 5 aromatic carbocycles. The molecule has 11 rings (SSSR count). The number of aromatic nitrogens is 6. The molecule has 2 aliphatic rings. The fourth-order valence-electron chi connectivity index (χ4n) is 8.17. The molecule has 6 heterocycles. The molecule has 0 fully saturated rings. The molecule has 57 heavy (non-hydrogen) atoms. The standard InChI is InChI=1S/C51H34N6/c1-5-15-32(16-6-1)46-39-25-26-40(52-39)47(33-17-7-2-8-18-33)42-29-30-44(54-42)49(35-21-11-4-12-22-35)50-36(51-56-37-23-13-14-24-38(37)57-51)31-45(55-50)48(34-19-9-3-10-20-34)43-28-27-41(46)53-43/h1-31,53-54H,(H,56,57). The molecule has 268 valence electrons. The van der Waals surface area contributed by atoms with Crippen molar-refractivity contribution in [3.63, 3.8) is 0 Å². The summed E-state index contributed by atoms with van der Waals surface area (Å²) in [7, 11) is 0. The molecule has 0 saturated carbocycles. The molecule has 0 radical (unpaired) electrons. The molecule has 0 atom stereocenters. The van der Waals surface area contributed by atoms with Gasteiger partial charge in [0.15, 0.2) is 0 Å². The Labute approximate surface area is 328 Å². The van der Waals surface area contributed by atoms with Crippen molar-refractivity contribution < 1.29 is 0 Å². The molecule has 4 aromatic heterocycles. The van der Waals surface area contributed by atoms with E-state index < -0.39 is 0 Å². The summed E-state index contributed by atoms with van der Waals surface area (Å²) in [5, 5.41) is 0. The number of nitrogens with zero attached hydrogens (tertiary/aromatic N) is 3. The summed E-state index contributed by atoms with van der Waals surface area (Å²) in [6.07, 6.45) is 6.46. The lowest BCUT2D eigenvalue weighted by Gasteiger charge is -2.08. The van der Waals surface area contributed by atoms with Gasteiger partial charge in [0.1, 0.15) is 5.82 Å². The van der Waals surface area contributed by atoms with E-state index in [1.807, 2.05) is 36.4 Å². The highest BCUT2D eigenvalue weighted by atomic mass is 14.9. The fourth-order valence-corrected chi connectivity index (χ4v) is 8.17. The Morgan fingerprint density at radius 1 is 0.316 bits per heavy atom. The summed E-state index contributed by atoms with van der Waals surface area (Å²) in [5.41, 5.74) is 18.2. The van der Waals surface area contributed by atoms with Crippen LogP contribution in [0.25, 0.3) is 101 Å². The highest BCUT2D eigenvalue weighted by molar-refractivity contribution is 6.05. The Bertz CT molecular complexity index is 3170. The first kappa shape index (κ1) is 32.6. The van der Waals surface area contributed by atoms with Crippen LogP contribution in [0.5, 0.6) is 0 Å². The van der Waals surface area contributed by atoms with Gasteiger partial charge in [0.05, 0.1) is 33.8 Å². The second kappa shape index (κ2) is 13.5. The predicted molar refractivity (Wildman–Crippen MR) is 235 cm³/mol. The summed E-state index contributed by atoms with van der Waals surface area (Å²) in [6.45, 7) is 0. The topological polar surface area (TPSA) is 86.0 Å². The van der Waals surface area contributed by atoms with Gasteiger partial charge >= 0.3 is 0 Å². The predicted octanol–water partition coefficient (Wildman–Crippen LogP) is 12.6. The van der Waals surface area contributed by atoms with Crippen LogP contribution in [0.4, 0.5) is 0 Å². The summed E-state index contributed by atoms with van der Waals surface area (Å²) in [6, 6.07) is 58.8. The van der Waals surface area contributed by atoms with Crippen molar-refractivity contribution >= 4 is 56.9 Å². The number of imidazole rings is 1. The van der Waals surface area contributed by atoms with Gasteiger partial charge in [-0.15, -0.1) is 0 Å². The lowest BCUT2D eigenvalue weighted by atomic mass is 9.99. The number of para-hydroxylation sites is 2. The molecular weight excluding hydrogens is 697 g/mol. The third kappa shape index (κ3) is 5.70. The van der Waals surface area contributed by atoms with Crippen LogP contribution in [0.3, 0.4) is 0 Å². The number of benzene rings is 5. The SMILES string of the molecule is C1=Cc2nc1c(-c1ccccc1)c1ccc([nH]1)c(-c1ccccc1)c1nc(c(-c3ccccc3)c3ccc([nH]3)c2-c2ccccc2)C(c2nc3ccccc3[nH]2)=C1. The van der Waals surface area contributed by atoms with Gasteiger partial charge in [0.25, 0.3) is 0 Å². The Morgan fingerprint density at radius 2 is 0.737 bits per heavy atom. The Hall–Kier alpha value is -7.83. The van der Waals surface area contributed by atoms with Gasteiger partial charge in [-0.2, -0.15) is 0 Å². The monoisotopic (exact) mass is 730 g/mol.